The molecule has 3 heteroatoms. The second-order valence-electron chi connectivity index (χ2n) is 3.69. The number of hydrogen-bond acceptors (Lipinski definition) is 2. The Hall–Kier alpha value is -0.570. The first-order valence-corrected chi connectivity index (χ1v) is 4.11. The molecule has 0 amide bonds. The molecular formula is C8H12O3. The van der Waals surface area contributed by atoms with Crippen molar-refractivity contribution in [2.75, 3.05) is 0 Å². The lowest BCUT2D eigenvalue weighted by molar-refractivity contribution is -0.147. The van der Waals surface area contributed by atoms with Gasteiger partial charge in [-0.2, -0.15) is 0 Å². The summed E-state index contributed by atoms with van der Waals surface area (Å²) < 4.78 is 0. The van der Waals surface area contributed by atoms with Gasteiger partial charge in [-0.1, -0.05) is 0 Å². The maximum Gasteiger partial charge on any atom is 0.309 e. The molecule has 2 aliphatic rings. The zero-order valence-electron chi connectivity index (χ0n) is 6.23. The van der Waals surface area contributed by atoms with Gasteiger partial charge >= 0.3 is 5.97 Å². The fraction of sp³-hybridized carbons (Fsp3) is 0.875. The second-order valence-corrected chi connectivity index (χ2v) is 3.69. The topological polar surface area (TPSA) is 57.5 Å². The number of carboxylic acid groups (broad SMARTS) is 1. The molecule has 2 N–H and O–H groups in total. The summed E-state index contributed by atoms with van der Waals surface area (Å²) in [6.07, 6.45) is 2.39. The average molecular weight is 156 g/mol. The van der Waals surface area contributed by atoms with Crippen LogP contribution in [0.15, 0.2) is 0 Å². The molecule has 4 atom stereocenters. The molecule has 0 aliphatic heterocycles. The predicted molar refractivity (Wildman–Crippen MR) is 38.0 cm³/mol. The van der Waals surface area contributed by atoms with Crippen molar-refractivity contribution < 1.29 is 15.0 Å². The average Bonchev–Trinajstić information content (AvgIpc) is 2.44. The Bertz CT molecular complexity index is 188. The van der Waals surface area contributed by atoms with E-state index >= 15 is 0 Å². The number of aliphatic carboxylic acids is 1. The molecule has 2 saturated carbocycles. The molecule has 0 aromatic rings. The minimum atomic E-state index is -0.815. The Kier molecular flexibility index (Phi) is 1.42. The molecule has 11 heavy (non-hydrogen) atoms. The largest absolute Gasteiger partial charge is 0.481 e. The third kappa shape index (κ3) is 0.872. The van der Waals surface area contributed by atoms with Crippen LogP contribution in [-0.2, 0) is 4.79 Å². The van der Waals surface area contributed by atoms with Gasteiger partial charge in [0, 0.05) is 0 Å². The van der Waals surface area contributed by atoms with Crippen molar-refractivity contribution >= 4 is 5.97 Å². The smallest absolute Gasteiger partial charge is 0.309 e. The van der Waals surface area contributed by atoms with Crippen molar-refractivity contribution in [3.63, 3.8) is 0 Å². The number of aliphatic hydroxyl groups excluding tert-OH is 1. The van der Waals surface area contributed by atoms with E-state index in [1.165, 1.54) is 0 Å². The number of fused-ring (bicyclic) bond motifs is 2. The summed E-state index contributed by atoms with van der Waals surface area (Å²) in [6.45, 7) is 0. The van der Waals surface area contributed by atoms with Crippen molar-refractivity contribution in [2.24, 2.45) is 17.8 Å². The van der Waals surface area contributed by atoms with Crippen molar-refractivity contribution in [3.05, 3.63) is 0 Å². The number of carbonyl (C=O) groups is 1. The van der Waals surface area contributed by atoms with E-state index in [1.54, 1.807) is 0 Å². The highest BCUT2D eigenvalue weighted by molar-refractivity contribution is 5.72. The van der Waals surface area contributed by atoms with Gasteiger partial charge in [0.2, 0.25) is 0 Å². The molecule has 0 heterocycles. The Morgan fingerprint density at radius 3 is 2.27 bits per heavy atom. The highest BCUT2D eigenvalue weighted by atomic mass is 16.4. The predicted octanol–water partition coefficient (Wildman–Crippen LogP) is 0.478. The zero-order valence-corrected chi connectivity index (χ0v) is 6.23. The first-order valence-electron chi connectivity index (χ1n) is 4.11. The van der Waals surface area contributed by atoms with Gasteiger partial charge in [-0.25, -0.2) is 0 Å². The molecule has 0 aromatic heterocycles. The fourth-order valence-corrected chi connectivity index (χ4v) is 2.61. The van der Waals surface area contributed by atoms with Crippen LogP contribution in [0, 0.1) is 17.8 Å². The van der Waals surface area contributed by atoms with Crippen molar-refractivity contribution in [3.8, 4) is 0 Å². The molecule has 0 spiro atoms. The van der Waals surface area contributed by atoms with Gasteiger partial charge in [0.25, 0.3) is 0 Å². The molecule has 0 radical (unpaired) electrons. The van der Waals surface area contributed by atoms with Crippen LogP contribution in [0.2, 0.25) is 0 Å². The monoisotopic (exact) mass is 156 g/mol. The summed E-state index contributed by atoms with van der Waals surface area (Å²) in [4.78, 5) is 10.6. The molecule has 0 unspecified atom stereocenters. The summed E-state index contributed by atoms with van der Waals surface area (Å²) in [7, 11) is 0. The maximum absolute atomic E-state index is 10.6. The van der Waals surface area contributed by atoms with Gasteiger partial charge in [0.05, 0.1) is 12.0 Å². The summed E-state index contributed by atoms with van der Waals surface area (Å²) in [6, 6.07) is 0. The van der Waals surface area contributed by atoms with E-state index in [9.17, 15) is 9.90 Å². The van der Waals surface area contributed by atoms with Crippen molar-refractivity contribution in [2.45, 2.75) is 25.4 Å². The lowest BCUT2D eigenvalue weighted by Gasteiger charge is -2.22. The van der Waals surface area contributed by atoms with Gasteiger partial charge in [0.1, 0.15) is 0 Å². The Morgan fingerprint density at radius 1 is 1.27 bits per heavy atom. The second kappa shape index (κ2) is 2.21. The maximum atomic E-state index is 10.6. The quantitative estimate of drug-likeness (QED) is 0.580. The third-order valence-corrected chi connectivity index (χ3v) is 3.16. The third-order valence-electron chi connectivity index (χ3n) is 3.16. The first-order chi connectivity index (χ1) is 5.20. The van der Waals surface area contributed by atoms with Crippen LogP contribution in [0.3, 0.4) is 0 Å². The summed E-state index contributed by atoms with van der Waals surface area (Å²) in [5.74, 6) is -0.743. The summed E-state index contributed by atoms with van der Waals surface area (Å²) in [5, 5.41) is 18.2. The molecule has 2 aliphatic carbocycles. The number of hydrogen-bond donors (Lipinski definition) is 2. The molecule has 2 bridgehead atoms. The summed E-state index contributed by atoms with van der Waals surface area (Å²) >= 11 is 0. The van der Waals surface area contributed by atoms with Crippen LogP contribution < -0.4 is 0 Å². The van der Waals surface area contributed by atoms with E-state index in [4.69, 9.17) is 5.11 Å². The lowest BCUT2D eigenvalue weighted by Crippen LogP contribution is -2.33. The number of rotatable bonds is 1. The van der Waals surface area contributed by atoms with Crippen LogP contribution in [0.1, 0.15) is 19.3 Å². The molecule has 62 valence electrons. The standard InChI is InChI=1S/C8H12O3/c9-7-5-2-1-4(3-5)6(7)8(10)11/h4-7,9H,1-3H2,(H,10,11)/t4-,5+,6-,7-/m0/s1. The van der Waals surface area contributed by atoms with E-state index in [-0.39, 0.29) is 11.8 Å². The molecule has 2 fully saturated rings. The molecular weight excluding hydrogens is 144 g/mol. The minimum absolute atomic E-state index is 0.257. The molecule has 3 nitrogen and oxygen atoms in total. The van der Waals surface area contributed by atoms with E-state index in [1.807, 2.05) is 0 Å². The SMILES string of the molecule is O=C(O)[C@H]1[C@H]2CC[C@H](C2)[C@@H]1O. The number of carboxylic acids is 1. The van der Waals surface area contributed by atoms with Gasteiger partial charge in [-0.05, 0) is 31.1 Å². The lowest BCUT2D eigenvalue weighted by atomic mass is 9.86. The minimum Gasteiger partial charge on any atom is -0.481 e. The fourth-order valence-electron chi connectivity index (χ4n) is 2.61. The van der Waals surface area contributed by atoms with Crippen LogP contribution in [0.5, 0.6) is 0 Å². The summed E-state index contributed by atoms with van der Waals surface area (Å²) in [5.41, 5.74) is 0. The van der Waals surface area contributed by atoms with Crippen molar-refractivity contribution in [1.82, 2.24) is 0 Å². The Morgan fingerprint density at radius 2 is 1.91 bits per heavy atom. The van der Waals surface area contributed by atoms with Crippen LogP contribution in [-0.4, -0.2) is 22.3 Å². The van der Waals surface area contributed by atoms with Crippen molar-refractivity contribution in [1.29, 1.82) is 0 Å². The van der Waals surface area contributed by atoms with E-state index < -0.39 is 18.0 Å². The highest BCUT2D eigenvalue weighted by Crippen LogP contribution is 2.48. The van der Waals surface area contributed by atoms with Crippen LogP contribution in [0.25, 0.3) is 0 Å². The van der Waals surface area contributed by atoms with Gasteiger partial charge in [-0.3, -0.25) is 4.79 Å². The van der Waals surface area contributed by atoms with Crippen LogP contribution >= 0.6 is 0 Å². The van der Waals surface area contributed by atoms with E-state index in [0.717, 1.165) is 19.3 Å². The zero-order chi connectivity index (χ0) is 8.01. The molecule has 0 aromatic carbocycles. The molecule has 0 saturated heterocycles. The van der Waals surface area contributed by atoms with E-state index in [2.05, 4.69) is 0 Å². The first kappa shape index (κ1) is 7.10. The van der Waals surface area contributed by atoms with Crippen LogP contribution in [0.4, 0.5) is 0 Å². The molecule has 2 rings (SSSR count). The van der Waals surface area contributed by atoms with E-state index in [0.29, 0.717) is 0 Å². The Labute approximate surface area is 65.0 Å². The van der Waals surface area contributed by atoms with Gasteiger partial charge < -0.3 is 10.2 Å². The highest BCUT2D eigenvalue weighted by Gasteiger charge is 2.50. The normalized spacial score (nSPS) is 48.1. The Balaban J connectivity index is 2.17. The number of aliphatic hydroxyl groups is 1. The van der Waals surface area contributed by atoms with Gasteiger partial charge in [-0.15, -0.1) is 0 Å². The van der Waals surface area contributed by atoms with Gasteiger partial charge in [0.15, 0.2) is 0 Å².